The highest BCUT2D eigenvalue weighted by Gasteiger charge is 2.64. The lowest BCUT2D eigenvalue weighted by atomic mass is 9.77. The number of aliphatic hydroxyl groups is 1. The van der Waals surface area contributed by atoms with Gasteiger partial charge in [-0.15, -0.1) is 0 Å². The highest BCUT2D eigenvalue weighted by molar-refractivity contribution is 5.83. The highest BCUT2D eigenvalue weighted by Crippen LogP contribution is 2.65. The Bertz CT molecular complexity index is 781. The zero-order chi connectivity index (χ0) is 18.5. The van der Waals surface area contributed by atoms with E-state index < -0.39 is 0 Å². The minimum absolute atomic E-state index is 0.0601. The number of aryl methyl sites for hydroxylation is 1. The van der Waals surface area contributed by atoms with Crippen molar-refractivity contribution in [2.45, 2.75) is 57.6 Å². The third-order valence-corrected chi connectivity index (χ3v) is 6.46. The summed E-state index contributed by atoms with van der Waals surface area (Å²) in [7, 11) is 0. The molecule has 0 bridgehead atoms. The van der Waals surface area contributed by atoms with Gasteiger partial charge in [-0.05, 0) is 63.0 Å². The standard InChI is InChI=1S/C20H26N4O2/c1-13-4-6-22-17(15(13)11-21)24-7-3-5-19(2,12-24)23-18(26)16-10-20(16)8-14(25)9-20/h4,6,14,16,25H,3,5,7-10,12H2,1-2H3,(H,23,26). The van der Waals surface area contributed by atoms with Crippen LogP contribution in [0.3, 0.4) is 0 Å². The minimum atomic E-state index is -0.320. The Balaban J connectivity index is 1.46. The molecule has 0 radical (unpaired) electrons. The third kappa shape index (κ3) is 2.84. The summed E-state index contributed by atoms with van der Waals surface area (Å²) >= 11 is 0. The fraction of sp³-hybridized carbons (Fsp3) is 0.650. The molecule has 2 saturated carbocycles. The third-order valence-electron chi connectivity index (χ3n) is 6.46. The second-order valence-corrected chi connectivity index (χ2v) is 8.69. The van der Waals surface area contributed by atoms with Gasteiger partial charge in [0.05, 0.1) is 17.2 Å². The fourth-order valence-electron chi connectivity index (χ4n) is 4.88. The lowest BCUT2D eigenvalue weighted by Gasteiger charge is -2.42. The first-order valence-corrected chi connectivity index (χ1v) is 9.47. The predicted octanol–water partition coefficient (Wildman–Crippen LogP) is 1.90. The number of hydrogen-bond acceptors (Lipinski definition) is 5. The molecule has 1 aromatic heterocycles. The second kappa shape index (κ2) is 5.95. The summed E-state index contributed by atoms with van der Waals surface area (Å²) < 4.78 is 0. The average molecular weight is 354 g/mol. The topological polar surface area (TPSA) is 89.2 Å². The van der Waals surface area contributed by atoms with Crippen molar-refractivity contribution in [1.29, 1.82) is 5.26 Å². The SMILES string of the molecule is Cc1ccnc(N2CCCC(C)(NC(=O)C3CC34CC(O)C4)C2)c1C#N. The Kier molecular flexibility index (Phi) is 3.96. The molecule has 138 valence electrons. The van der Waals surface area contributed by atoms with Gasteiger partial charge >= 0.3 is 0 Å². The molecule has 2 atom stereocenters. The molecular weight excluding hydrogens is 328 g/mol. The molecule has 0 aromatic carbocycles. The summed E-state index contributed by atoms with van der Waals surface area (Å²) in [5, 5.41) is 22.3. The van der Waals surface area contributed by atoms with E-state index in [9.17, 15) is 15.2 Å². The maximum Gasteiger partial charge on any atom is 0.224 e. The number of piperidine rings is 1. The molecule has 2 N–H and O–H groups in total. The van der Waals surface area contributed by atoms with E-state index in [1.165, 1.54) is 0 Å². The predicted molar refractivity (Wildman–Crippen MR) is 97.5 cm³/mol. The maximum absolute atomic E-state index is 12.7. The number of rotatable bonds is 3. The molecule has 3 aliphatic rings. The van der Waals surface area contributed by atoms with Crippen LogP contribution in [0.5, 0.6) is 0 Å². The number of carbonyl (C=O) groups excluding carboxylic acids is 1. The lowest BCUT2D eigenvalue weighted by Crippen LogP contribution is -2.58. The Hall–Kier alpha value is -2.13. The van der Waals surface area contributed by atoms with Crippen LogP contribution in [0.4, 0.5) is 5.82 Å². The summed E-state index contributed by atoms with van der Waals surface area (Å²) in [6.45, 7) is 5.51. The molecule has 1 spiro atoms. The van der Waals surface area contributed by atoms with Crippen molar-refractivity contribution in [1.82, 2.24) is 10.3 Å². The van der Waals surface area contributed by atoms with Gasteiger partial charge in [0.15, 0.2) is 0 Å². The van der Waals surface area contributed by atoms with E-state index >= 15 is 0 Å². The van der Waals surface area contributed by atoms with Crippen LogP contribution in [0.1, 0.15) is 50.2 Å². The number of carbonyl (C=O) groups is 1. The number of nitrogens with one attached hydrogen (secondary N) is 1. The average Bonchev–Trinajstić information content (AvgIpc) is 3.29. The minimum Gasteiger partial charge on any atom is -0.393 e. The normalized spacial score (nSPS) is 35.5. The Labute approximate surface area is 154 Å². The number of aliphatic hydroxyl groups excluding tert-OH is 1. The van der Waals surface area contributed by atoms with E-state index in [2.05, 4.69) is 28.2 Å². The number of aromatic nitrogens is 1. The van der Waals surface area contributed by atoms with Gasteiger partial charge in [-0.3, -0.25) is 4.79 Å². The van der Waals surface area contributed by atoms with E-state index in [0.717, 1.165) is 50.0 Å². The Morgan fingerprint density at radius 2 is 2.23 bits per heavy atom. The van der Waals surface area contributed by atoms with Gasteiger partial charge in [0.25, 0.3) is 0 Å². The number of nitrogens with zero attached hydrogens (tertiary/aromatic N) is 3. The van der Waals surface area contributed by atoms with Crippen LogP contribution in [0, 0.1) is 29.6 Å². The highest BCUT2D eigenvalue weighted by atomic mass is 16.3. The van der Waals surface area contributed by atoms with E-state index in [-0.39, 0.29) is 28.9 Å². The van der Waals surface area contributed by atoms with Crippen LogP contribution >= 0.6 is 0 Å². The number of hydrogen-bond donors (Lipinski definition) is 2. The summed E-state index contributed by atoms with van der Waals surface area (Å²) in [4.78, 5) is 19.3. The monoisotopic (exact) mass is 354 g/mol. The smallest absolute Gasteiger partial charge is 0.224 e. The lowest BCUT2D eigenvalue weighted by molar-refractivity contribution is -0.126. The van der Waals surface area contributed by atoms with Crippen molar-refractivity contribution in [2.24, 2.45) is 11.3 Å². The molecule has 2 heterocycles. The molecule has 1 aliphatic heterocycles. The number of anilines is 1. The molecular formula is C20H26N4O2. The molecule has 26 heavy (non-hydrogen) atoms. The van der Waals surface area contributed by atoms with E-state index in [1.807, 2.05) is 13.0 Å². The van der Waals surface area contributed by atoms with Crippen LogP contribution in [0.15, 0.2) is 12.3 Å². The van der Waals surface area contributed by atoms with Gasteiger partial charge in [0, 0.05) is 25.2 Å². The molecule has 2 aliphatic carbocycles. The van der Waals surface area contributed by atoms with Gasteiger partial charge in [0.2, 0.25) is 5.91 Å². The van der Waals surface area contributed by atoms with Crippen LogP contribution < -0.4 is 10.2 Å². The molecule has 6 heteroatoms. The van der Waals surface area contributed by atoms with E-state index in [0.29, 0.717) is 12.1 Å². The zero-order valence-corrected chi connectivity index (χ0v) is 15.5. The van der Waals surface area contributed by atoms with Crippen molar-refractivity contribution in [3.63, 3.8) is 0 Å². The first-order chi connectivity index (χ1) is 12.4. The molecule has 4 rings (SSSR count). The molecule has 1 saturated heterocycles. The van der Waals surface area contributed by atoms with E-state index in [4.69, 9.17) is 0 Å². The number of nitriles is 1. The molecule has 6 nitrogen and oxygen atoms in total. The number of amides is 1. The van der Waals surface area contributed by atoms with Gasteiger partial charge in [0.1, 0.15) is 11.9 Å². The fourth-order valence-corrected chi connectivity index (χ4v) is 4.88. The van der Waals surface area contributed by atoms with Crippen molar-refractivity contribution < 1.29 is 9.90 Å². The van der Waals surface area contributed by atoms with Crippen molar-refractivity contribution in [3.8, 4) is 6.07 Å². The van der Waals surface area contributed by atoms with Crippen molar-refractivity contribution in [2.75, 3.05) is 18.0 Å². The van der Waals surface area contributed by atoms with Gasteiger partial charge < -0.3 is 15.3 Å². The summed E-state index contributed by atoms with van der Waals surface area (Å²) in [6.07, 6.45) is 5.85. The summed E-state index contributed by atoms with van der Waals surface area (Å²) in [5.74, 6) is 0.904. The van der Waals surface area contributed by atoms with Crippen LogP contribution in [0.25, 0.3) is 0 Å². The quantitative estimate of drug-likeness (QED) is 0.865. The zero-order valence-electron chi connectivity index (χ0n) is 15.5. The van der Waals surface area contributed by atoms with Crippen molar-refractivity contribution in [3.05, 3.63) is 23.4 Å². The van der Waals surface area contributed by atoms with Gasteiger partial charge in [-0.2, -0.15) is 5.26 Å². The first-order valence-electron chi connectivity index (χ1n) is 9.47. The van der Waals surface area contributed by atoms with E-state index in [1.54, 1.807) is 6.20 Å². The molecule has 3 fully saturated rings. The summed E-state index contributed by atoms with van der Waals surface area (Å²) in [6, 6.07) is 4.13. The summed E-state index contributed by atoms with van der Waals surface area (Å²) in [5.41, 5.74) is 1.31. The Morgan fingerprint density at radius 1 is 1.46 bits per heavy atom. The second-order valence-electron chi connectivity index (χ2n) is 8.69. The maximum atomic E-state index is 12.7. The van der Waals surface area contributed by atoms with Crippen LogP contribution in [-0.4, -0.2) is 40.7 Å². The first kappa shape index (κ1) is 17.3. The molecule has 2 unspecified atom stereocenters. The largest absolute Gasteiger partial charge is 0.393 e. The van der Waals surface area contributed by atoms with Gasteiger partial charge in [-0.25, -0.2) is 4.98 Å². The molecule has 1 amide bonds. The molecule has 1 aromatic rings. The van der Waals surface area contributed by atoms with Gasteiger partial charge in [-0.1, -0.05) is 0 Å². The van der Waals surface area contributed by atoms with Crippen LogP contribution in [-0.2, 0) is 4.79 Å². The Morgan fingerprint density at radius 3 is 2.92 bits per heavy atom. The van der Waals surface area contributed by atoms with Crippen molar-refractivity contribution >= 4 is 11.7 Å². The number of pyridine rings is 1. The van der Waals surface area contributed by atoms with Crippen LogP contribution in [0.2, 0.25) is 0 Å².